The van der Waals surface area contributed by atoms with Crippen LogP contribution in [-0.2, 0) is 6.54 Å². The fourth-order valence-electron chi connectivity index (χ4n) is 1.41. The molecule has 2 N–H and O–H groups in total. The average molecular weight is 243 g/mol. The maximum Gasteiger partial charge on any atom is 0.328 e. The third-order valence-corrected chi connectivity index (χ3v) is 2.27. The molecule has 0 atom stereocenters. The van der Waals surface area contributed by atoms with Crippen LogP contribution in [-0.4, -0.2) is 22.6 Å². The maximum atomic E-state index is 12.9. The number of H-pyrrole nitrogens is 1. The predicted molar refractivity (Wildman–Crippen MR) is 63.6 cm³/mol. The first-order chi connectivity index (χ1) is 8.00. The molecule has 1 rings (SSSR count). The fourth-order valence-corrected chi connectivity index (χ4v) is 1.41. The number of nitrogens with zero attached hydrogens (tertiary/aromatic N) is 1. The molecule has 0 radical (unpaired) electrons. The lowest BCUT2D eigenvalue weighted by Gasteiger charge is -2.08. The number of hydrogen-bond acceptors (Lipinski definition) is 3. The molecule has 0 amide bonds. The van der Waals surface area contributed by atoms with Gasteiger partial charge in [0.2, 0.25) is 5.82 Å². The molecule has 0 fully saturated rings. The van der Waals surface area contributed by atoms with Gasteiger partial charge >= 0.3 is 5.69 Å². The highest BCUT2D eigenvalue weighted by Crippen LogP contribution is 1.90. The van der Waals surface area contributed by atoms with E-state index in [1.165, 1.54) is 4.57 Å². The maximum absolute atomic E-state index is 12.9. The number of aromatic nitrogens is 2. The first-order valence-corrected chi connectivity index (χ1v) is 5.70. The summed E-state index contributed by atoms with van der Waals surface area (Å²) in [6.07, 6.45) is 1.65. The summed E-state index contributed by atoms with van der Waals surface area (Å²) in [5, 5.41) is 3.22. The molecule has 0 aromatic carbocycles. The summed E-state index contributed by atoms with van der Waals surface area (Å²) in [4.78, 5) is 24.0. The number of halogens is 1. The summed E-state index contributed by atoms with van der Waals surface area (Å²) in [6.45, 7) is 6.27. The molecule has 1 heterocycles. The number of rotatable bonds is 6. The number of aryl methyl sites for hydroxylation is 1. The Balaban J connectivity index is 2.45. The van der Waals surface area contributed by atoms with Crippen LogP contribution in [0.25, 0.3) is 0 Å². The number of nitrogens with one attached hydrogen (secondary N) is 2. The topological polar surface area (TPSA) is 66.9 Å². The van der Waals surface area contributed by atoms with Gasteiger partial charge in [0.25, 0.3) is 5.56 Å². The summed E-state index contributed by atoms with van der Waals surface area (Å²) in [5.41, 5.74) is -1.54. The Bertz CT molecular complexity index is 465. The van der Waals surface area contributed by atoms with Gasteiger partial charge in [0.05, 0.1) is 6.20 Å². The van der Waals surface area contributed by atoms with Crippen LogP contribution < -0.4 is 16.6 Å². The zero-order chi connectivity index (χ0) is 12.8. The molecule has 96 valence electrons. The van der Waals surface area contributed by atoms with Gasteiger partial charge < -0.3 is 5.32 Å². The lowest BCUT2D eigenvalue weighted by Crippen LogP contribution is -2.32. The van der Waals surface area contributed by atoms with Gasteiger partial charge in [-0.05, 0) is 25.4 Å². The zero-order valence-corrected chi connectivity index (χ0v) is 10.1. The van der Waals surface area contributed by atoms with E-state index < -0.39 is 17.1 Å². The molecule has 1 aromatic rings. The van der Waals surface area contributed by atoms with Crippen molar-refractivity contribution in [1.82, 2.24) is 14.9 Å². The highest BCUT2D eigenvalue weighted by molar-refractivity contribution is 4.86. The summed E-state index contributed by atoms with van der Waals surface area (Å²) in [7, 11) is 0. The van der Waals surface area contributed by atoms with E-state index in [1.54, 1.807) is 0 Å². The molecule has 17 heavy (non-hydrogen) atoms. The molecule has 0 spiro atoms. The summed E-state index contributed by atoms with van der Waals surface area (Å²) >= 11 is 0. The third kappa shape index (κ3) is 4.52. The number of aromatic amines is 1. The summed E-state index contributed by atoms with van der Waals surface area (Å²) in [5.74, 6) is -0.358. The van der Waals surface area contributed by atoms with Crippen LogP contribution in [0, 0.1) is 11.7 Å². The molecule has 0 aliphatic rings. The van der Waals surface area contributed by atoms with Crippen LogP contribution in [0.3, 0.4) is 0 Å². The van der Waals surface area contributed by atoms with Crippen LogP contribution in [0.15, 0.2) is 15.8 Å². The van der Waals surface area contributed by atoms with E-state index in [0.717, 1.165) is 19.3 Å². The van der Waals surface area contributed by atoms with Crippen molar-refractivity contribution in [3.8, 4) is 0 Å². The predicted octanol–water partition coefficient (Wildman–Crippen LogP) is 0.311. The second-order valence-corrected chi connectivity index (χ2v) is 4.38. The van der Waals surface area contributed by atoms with E-state index in [0.29, 0.717) is 18.9 Å². The molecular formula is C11H18FN3O2. The highest BCUT2D eigenvalue weighted by Gasteiger charge is 2.02. The first-order valence-electron chi connectivity index (χ1n) is 5.70. The van der Waals surface area contributed by atoms with Crippen LogP contribution in [0.2, 0.25) is 0 Å². The van der Waals surface area contributed by atoms with E-state index >= 15 is 0 Å². The highest BCUT2D eigenvalue weighted by atomic mass is 19.1. The SMILES string of the molecule is CC(C)CNCCCn1cc(F)c(=O)[nH]c1=O. The quantitative estimate of drug-likeness (QED) is 0.707. The smallest absolute Gasteiger partial charge is 0.316 e. The molecule has 0 bridgehead atoms. The van der Waals surface area contributed by atoms with Gasteiger partial charge in [-0.3, -0.25) is 14.3 Å². The van der Waals surface area contributed by atoms with Gasteiger partial charge in [0.15, 0.2) is 0 Å². The second-order valence-electron chi connectivity index (χ2n) is 4.38. The Morgan fingerprint density at radius 3 is 2.82 bits per heavy atom. The summed E-state index contributed by atoms with van der Waals surface area (Å²) < 4.78 is 14.1. The van der Waals surface area contributed by atoms with Gasteiger partial charge in [0.1, 0.15) is 0 Å². The van der Waals surface area contributed by atoms with Gasteiger partial charge in [-0.2, -0.15) is 4.39 Å². The molecule has 0 saturated carbocycles. The van der Waals surface area contributed by atoms with Gasteiger partial charge in [-0.1, -0.05) is 13.8 Å². The van der Waals surface area contributed by atoms with Crippen LogP contribution in [0.4, 0.5) is 4.39 Å². The Hall–Kier alpha value is -1.43. The van der Waals surface area contributed by atoms with Crippen molar-refractivity contribution < 1.29 is 4.39 Å². The minimum Gasteiger partial charge on any atom is -0.316 e. The first kappa shape index (κ1) is 13.6. The fraction of sp³-hybridized carbons (Fsp3) is 0.636. The van der Waals surface area contributed by atoms with Crippen molar-refractivity contribution in [2.45, 2.75) is 26.8 Å². The Morgan fingerprint density at radius 2 is 2.18 bits per heavy atom. The van der Waals surface area contributed by atoms with E-state index in [9.17, 15) is 14.0 Å². The van der Waals surface area contributed by atoms with Crippen LogP contribution in [0.5, 0.6) is 0 Å². The molecule has 0 aliphatic heterocycles. The number of hydrogen-bond donors (Lipinski definition) is 2. The minimum atomic E-state index is -0.968. The largest absolute Gasteiger partial charge is 0.328 e. The summed E-state index contributed by atoms with van der Waals surface area (Å²) in [6, 6.07) is 0. The molecular weight excluding hydrogens is 225 g/mol. The third-order valence-electron chi connectivity index (χ3n) is 2.27. The minimum absolute atomic E-state index is 0.387. The lowest BCUT2D eigenvalue weighted by atomic mass is 10.2. The lowest BCUT2D eigenvalue weighted by molar-refractivity contribution is 0.501. The second kappa shape index (κ2) is 6.34. The Kier molecular flexibility index (Phi) is 5.09. The molecule has 6 heteroatoms. The monoisotopic (exact) mass is 243 g/mol. The average Bonchev–Trinajstić information content (AvgIpc) is 2.24. The standard InChI is InChI=1S/C11H18FN3O2/c1-8(2)6-13-4-3-5-15-7-9(12)10(16)14-11(15)17/h7-8,13H,3-6H2,1-2H3,(H,14,16,17). The van der Waals surface area contributed by atoms with E-state index in [-0.39, 0.29) is 0 Å². The molecule has 1 aromatic heterocycles. The normalized spacial score (nSPS) is 11.1. The van der Waals surface area contributed by atoms with Crippen LogP contribution in [0.1, 0.15) is 20.3 Å². The van der Waals surface area contributed by atoms with E-state index in [2.05, 4.69) is 19.2 Å². The van der Waals surface area contributed by atoms with Gasteiger partial charge in [-0.25, -0.2) is 4.79 Å². The Morgan fingerprint density at radius 1 is 1.47 bits per heavy atom. The van der Waals surface area contributed by atoms with Crippen molar-refractivity contribution in [3.63, 3.8) is 0 Å². The van der Waals surface area contributed by atoms with Crippen molar-refractivity contribution in [2.75, 3.05) is 13.1 Å². The van der Waals surface area contributed by atoms with Crippen molar-refractivity contribution in [1.29, 1.82) is 0 Å². The van der Waals surface area contributed by atoms with Gasteiger partial charge in [-0.15, -0.1) is 0 Å². The molecule has 0 saturated heterocycles. The van der Waals surface area contributed by atoms with E-state index in [4.69, 9.17) is 0 Å². The zero-order valence-electron chi connectivity index (χ0n) is 10.1. The molecule has 0 unspecified atom stereocenters. The van der Waals surface area contributed by atoms with Gasteiger partial charge in [0, 0.05) is 6.54 Å². The van der Waals surface area contributed by atoms with Crippen molar-refractivity contribution in [3.05, 3.63) is 32.9 Å². The van der Waals surface area contributed by atoms with Crippen molar-refractivity contribution >= 4 is 0 Å². The molecule has 5 nitrogen and oxygen atoms in total. The van der Waals surface area contributed by atoms with Crippen molar-refractivity contribution in [2.24, 2.45) is 5.92 Å². The van der Waals surface area contributed by atoms with Crippen LogP contribution >= 0.6 is 0 Å². The molecule has 0 aliphatic carbocycles. The Labute approximate surface area is 98.7 Å². The van der Waals surface area contributed by atoms with E-state index in [1.807, 2.05) is 4.98 Å².